The maximum atomic E-state index is 6.22. The van der Waals surface area contributed by atoms with Crippen molar-refractivity contribution in [3.63, 3.8) is 0 Å². The first-order chi connectivity index (χ1) is 11.7. The number of methoxy groups -OCH3 is 1. The summed E-state index contributed by atoms with van der Waals surface area (Å²) in [7, 11) is 1.68. The van der Waals surface area contributed by atoms with Gasteiger partial charge in [0, 0.05) is 16.5 Å². The molecule has 0 aliphatic carbocycles. The Morgan fingerprint density at radius 3 is 2.25 bits per heavy atom. The van der Waals surface area contributed by atoms with E-state index in [1.165, 1.54) is 5.56 Å². The molecule has 4 rings (SSSR count). The summed E-state index contributed by atoms with van der Waals surface area (Å²) in [6, 6.07) is 24.7. The molecule has 0 aliphatic rings. The summed E-state index contributed by atoms with van der Waals surface area (Å²) in [4.78, 5) is 0. The first kappa shape index (κ1) is 14.6. The van der Waals surface area contributed by atoms with Crippen LogP contribution in [-0.4, -0.2) is 7.11 Å². The van der Waals surface area contributed by atoms with Gasteiger partial charge in [0.05, 0.1) is 7.11 Å². The highest BCUT2D eigenvalue weighted by molar-refractivity contribution is 5.95. The average Bonchev–Trinajstić information content (AvgIpc) is 3.06. The third-order valence-electron chi connectivity index (χ3n) is 4.22. The highest BCUT2D eigenvalue weighted by Crippen LogP contribution is 2.36. The van der Waals surface area contributed by atoms with Crippen LogP contribution < -0.4 is 4.74 Å². The van der Waals surface area contributed by atoms with Crippen molar-refractivity contribution in [1.29, 1.82) is 0 Å². The van der Waals surface area contributed by atoms with E-state index >= 15 is 0 Å². The van der Waals surface area contributed by atoms with E-state index in [0.717, 1.165) is 39.2 Å². The van der Waals surface area contributed by atoms with Gasteiger partial charge < -0.3 is 9.15 Å². The van der Waals surface area contributed by atoms with Gasteiger partial charge in [0.1, 0.15) is 17.1 Å². The Morgan fingerprint density at radius 2 is 1.54 bits per heavy atom. The van der Waals surface area contributed by atoms with Crippen LogP contribution in [0.3, 0.4) is 0 Å². The smallest absolute Gasteiger partial charge is 0.142 e. The molecule has 0 amide bonds. The Morgan fingerprint density at radius 1 is 0.792 bits per heavy atom. The largest absolute Gasteiger partial charge is 0.497 e. The molecule has 0 aliphatic heterocycles. The van der Waals surface area contributed by atoms with E-state index in [1.54, 1.807) is 7.11 Å². The Labute approximate surface area is 141 Å². The van der Waals surface area contributed by atoms with Gasteiger partial charge in [-0.25, -0.2) is 0 Å². The summed E-state index contributed by atoms with van der Waals surface area (Å²) in [6.07, 6.45) is 0. The van der Waals surface area contributed by atoms with E-state index in [-0.39, 0.29) is 0 Å². The van der Waals surface area contributed by atoms with Crippen LogP contribution in [0.2, 0.25) is 0 Å². The minimum absolute atomic E-state index is 0.854. The predicted molar refractivity (Wildman–Crippen MR) is 98.4 cm³/mol. The van der Waals surface area contributed by atoms with Gasteiger partial charge in [0.15, 0.2) is 0 Å². The van der Waals surface area contributed by atoms with Crippen LogP contribution in [0.1, 0.15) is 5.56 Å². The van der Waals surface area contributed by atoms with E-state index in [2.05, 4.69) is 49.4 Å². The number of fused-ring (bicyclic) bond motifs is 1. The molecule has 0 atom stereocenters. The highest BCUT2D eigenvalue weighted by atomic mass is 16.5. The monoisotopic (exact) mass is 314 g/mol. The lowest BCUT2D eigenvalue weighted by molar-refractivity contribution is 0.415. The summed E-state index contributed by atoms with van der Waals surface area (Å²) < 4.78 is 11.5. The van der Waals surface area contributed by atoms with Gasteiger partial charge in [-0.15, -0.1) is 0 Å². The molecular formula is C22H18O2. The zero-order chi connectivity index (χ0) is 16.5. The number of benzene rings is 3. The maximum absolute atomic E-state index is 6.22. The van der Waals surface area contributed by atoms with Crippen LogP contribution in [0.25, 0.3) is 33.4 Å². The molecule has 0 saturated carbocycles. The summed E-state index contributed by atoms with van der Waals surface area (Å²) in [6.45, 7) is 2.11. The molecule has 1 heterocycles. The fourth-order valence-electron chi connectivity index (χ4n) is 3.03. The number of aryl methyl sites for hydroxylation is 1. The van der Waals surface area contributed by atoms with Gasteiger partial charge in [-0.3, -0.25) is 0 Å². The van der Waals surface area contributed by atoms with E-state index in [9.17, 15) is 0 Å². The van der Waals surface area contributed by atoms with Crippen LogP contribution in [0.4, 0.5) is 0 Å². The molecule has 0 unspecified atom stereocenters. The molecule has 4 aromatic rings. The van der Waals surface area contributed by atoms with Gasteiger partial charge in [-0.05, 0) is 48.4 Å². The summed E-state index contributed by atoms with van der Waals surface area (Å²) in [5.74, 6) is 1.75. The Balaban J connectivity index is 1.90. The van der Waals surface area contributed by atoms with Crippen molar-refractivity contribution in [3.05, 3.63) is 78.4 Å². The van der Waals surface area contributed by atoms with Crippen molar-refractivity contribution in [2.75, 3.05) is 7.11 Å². The molecule has 0 spiro atoms. The second-order valence-corrected chi connectivity index (χ2v) is 5.94. The summed E-state index contributed by atoms with van der Waals surface area (Å²) in [5, 5.41) is 1.12. The van der Waals surface area contributed by atoms with Crippen molar-refractivity contribution in [3.8, 4) is 28.2 Å². The molecule has 0 radical (unpaired) electrons. The first-order valence-electron chi connectivity index (χ1n) is 7.98. The minimum atomic E-state index is 0.854. The van der Waals surface area contributed by atoms with Gasteiger partial charge in [0.2, 0.25) is 0 Å². The lowest BCUT2D eigenvalue weighted by Crippen LogP contribution is -1.84. The summed E-state index contributed by atoms with van der Waals surface area (Å²) in [5.41, 5.74) is 5.46. The van der Waals surface area contributed by atoms with Crippen LogP contribution in [0.5, 0.6) is 5.75 Å². The van der Waals surface area contributed by atoms with E-state index in [0.29, 0.717) is 0 Å². The van der Waals surface area contributed by atoms with Crippen molar-refractivity contribution >= 4 is 11.0 Å². The number of rotatable bonds is 3. The Bertz CT molecular complexity index is 980. The Hall–Kier alpha value is -3.00. The molecule has 1 aromatic heterocycles. The van der Waals surface area contributed by atoms with E-state index in [4.69, 9.17) is 9.15 Å². The fourth-order valence-corrected chi connectivity index (χ4v) is 3.03. The molecule has 2 nitrogen and oxygen atoms in total. The van der Waals surface area contributed by atoms with Gasteiger partial charge in [-0.1, -0.05) is 42.5 Å². The molecule has 2 heteroatoms. The second-order valence-electron chi connectivity index (χ2n) is 5.94. The Kier molecular flexibility index (Phi) is 3.58. The molecule has 0 fully saturated rings. The lowest BCUT2D eigenvalue weighted by Gasteiger charge is -2.06. The van der Waals surface area contributed by atoms with Gasteiger partial charge in [-0.2, -0.15) is 0 Å². The molecule has 0 bridgehead atoms. The van der Waals surface area contributed by atoms with Gasteiger partial charge in [0.25, 0.3) is 0 Å². The van der Waals surface area contributed by atoms with E-state index in [1.807, 2.05) is 30.3 Å². The minimum Gasteiger partial charge on any atom is -0.497 e. The molecule has 0 saturated heterocycles. The maximum Gasteiger partial charge on any atom is 0.142 e. The molecule has 0 N–H and O–H groups in total. The van der Waals surface area contributed by atoms with Crippen LogP contribution >= 0.6 is 0 Å². The van der Waals surface area contributed by atoms with Crippen molar-refractivity contribution in [2.24, 2.45) is 0 Å². The fraction of sp³-hybridized carbons (Fsp3) is 0.0909. The average molecular weight is 314 g/mol. The summed E-state index contributed by atoms with van der Waals surface area (Å²) >= 11 is 0. The number of ether oxygens (including phenoxy) is 1. The molecule has 118 valence electrons. The van der Waals surface area contributed by atoms with Crippen molar-refractivity contribution in [2.45, 2.75) is 6.92 Å². The quantitative estimate of drug-likeness (QED) is 0.457. The van der Waals surface area contributed by atoms with Crippen molar-refractivity contribution in [1.82, 2.24) is 0 Å². The second kappa shape index (κ2) is 5.89. The van der Waals surface area contributed by atoms with Crippen LogP contribution in [-0.2, 0) is 0 Å². The van der Waals surface area contributed by atoms with Gasteiger partial charge >= 0.3 is 0 Å². The zero-order valence-electron chi connectivity index (χ0n) is 13.7. The number of hydrogen-bond donors (Lipinski definition) is 0. The highest BCUT2D eigenvalue weighted by Gasteiger charge is 2.12. The topological polar surface area (TPSA) is 22.4 Å². The third kappa shape index (κ3) is 2.56. The zero-order valence-corrected chi connectivity index (χ0v) is 13.7. The van der Waals surface area contributed by atoms with Crippen molar-refractivity contribution < 1.29 is 9.15 Å². The normalized spacial score (nSPS) is 10.9. The van der Waals surface area contributed by atoms with E-state index < -0.39 is 0 Å². The number of furan rings is 1. The SMILES string of the molecule is COc1ccc(-c2cc(C)cc3cc(-c4ccccc4)oc23)cc1. The lowest BCUT2D eigenvalue weighted by atomic mass is 10.0. The molecular weight excluding hydrogens is 296 g/mol. The van der Waals surface area contributed by atoms with Crippen LogP contribution in [0, 0.1) is 6.92 Å². The van der Waals surface area contributed by atoms with Crippen LogP contribution in [0.15, 0.2) is 77.2 Å². The standard InChI is InChI=1S/C22H18O2/c1-15-12-18-14-21(17-6-4-3-5-7-17)24-22(18)20(13-15)16-8-10-19(23-2)11-9-16/h3-14H,1-2H3. The first-order valence-corrected chi connectivity index (χ1v) is 7.98. The molecule has 24 heavy (non-hydrogen) atoms. The molecule has 3 aromatic carbocycles. The third-order valence-corrected chi connectivity index (χ3v) is 4.22. The number of hydrogen-bond acceptors (Lipinski definition) is 2. The predicted octanol–water partition coefficient (Wildman–Crippen LogP) is 6.08.